The number of fused-ring (bicyclic) bond motifs is 1. The van der Waals surface area contributed by atoms with E-state index in [-0.39, 0.29) is 6.09 Å². The van der Waals surface area contributed by atoms with Crippen LogP contribution >= 0.6 is 0 Å². The standard InChI is InChI=1S/C13H25N3O2/c1-13(2,3)18-12(17)16-8-10-4-6-15(7-5-14)11(10)9-16/h10-11H,4-9,14H2,1-3H3/t10-,11-/m0/s1. The predicted molar refractivity (Wildman–Crippen MR) is 70.3 cm³/mol. The van der Waals surface area contributed by atoms with Crippen molar-refractivity contribution in [1.29, 1.82) is 0 Å². The van der Waals surface area contributed by atoms with Gasteiger partial charge in [0.15, 0.2) is 0 Å². The van der Waals surface area contributed by atoms with Crippen LogP contribution in [0.15, 0.2) is 0 Å². The highest BCUT2D eigenvalue weighted by Crippen LogP contribution is 2.31. The molecule has 0 unspecified atom stereocenters. The van der Waals surface area contributed by atoms with Crippen LogP contribution in [0.1, 0.15) is 27.2 Å². The van der Waals surface area contributed by atoms with Gasteiger partial charge >= 0.3 is 6.09 Å². The molecule has 0 aromatic carbocycles. The van der Waals surface area contributed by atoms with E-state index in [9.17, 15) is 4.79 Å². The lowest BCUT2D eigenvalue weighted by molar-refractivity contribution is 0.0273. The first-order valence-electron chi connectivity index (χ1n) is 6.83. The molecule has 0 aromatic rings. The quantitative estimate of drug-likeness (QED) is 0.796. The molecule has 0 radical (unpaired) electrons. The van der Waals surface area contributed by atoms with Crippen LogP contribution in [0.4, 0.5) is 4.79 Å². The van der Waals surface area contributed by atoms with Crippen LogP contribution in [0.25, 0.3) is 0 Å². The fraction of sp³-hybridized carbons (Fsp3) is 0.923. The minimum atomic E-state index is -0.411. The molecular weight excluding hydrogens is 230 g/mol. The maximum Gasteiger partial charge on any atom is 0.410 e. The smallest absolute Gasteiger partial charge is 0.410 e. The summed E-state index contributed by atoms with van der Waals surface area (Å²) in [6.07, 6.45) is 0.994. The van der Waals surface area contributed by atoms with Gasteiger partial charge in [-0.2, -0.15) is 0 Å². The molecule has 0 saturated carbocycles. The molecule has 2 N–H and O–H groups in total. The van der Waals surface area contributed by atoms with Gasteiger partial charge in [0.1, 0.15) is 5.60 Å². The number of hydrogen-bond donors (Lipinski definition) is 1. The highest BCUT2D eigenvalue weighted by Gasteiger charge is 2.43. The Morgan fingerprint density at radius 3 is 2.72 bits per heavy atom. The molecule has 0 bridgehead atoms. The summed E-state index contributed by atoms with van der Waals surface area (Å²) < 4.78 is 5.43. The Morgan fingerprint density at radius 2 is 2.11 bits per heavy atom. The van der Waals surface area contributed by atoms with E-state index in [0.29, 0.717) is 18.5 Å². The lowest BCUT2D eigenvalue weighted by atomic mass is 10.1. The lowest BCUT2D eigenvalue weighted by Gasteiger charge is -2.26. The Kier molecular flexibility index (Phi) is 3.82. The minimum Gasteiger partial charge on any atom is -0.444 e. The van der Waals surface area contributed by atoms with Crippen molar-refractivity contribution >= 4 is 6.09 Å². The fourth-order valence-corrected chi connectivity index (χ4v) is 2.97. The normalized spacial score (nSPS) is 28.6. The first-order valence-corrected chi connectivity index (χ1v) is 6.83. The average Bonchev–Trinajstić information content (AvgIpc) is 2.77. The number of ether oxygens (including phenoxy) is 1. The molecule has 2 heterocycles. The third-order valence-electron chi connectivity index (χ3n) is 3.73. The van der Waals surface area contributed by atoms with Crippen molar-refractivity contribution < 1.29 is 9.53 Å². The SMILES string of the molecule is CC(C)(C)OC(=O)N1C[C@@H]2CCN(CCN)[C@H]2C1. The van der Waals surface area contributed by atoms with Gasteiger partial charge < -0.3 is 15.4 Å². The largest absolute Gasteiger partial charge is 0.444 e. The van der Waals surface area contributed by atoms with Crippen LogP contribution in [0.5, 0.6) is 0 Å². The van der Waals surface area contributed by atoms with E-state index in [0.717, 1.165) is 26.2 Å². The summed E-state index contributed by atoms with van der Waals surface area (Å²) in [6, 6.07) is 0.487. The third kappa shape index (κ3) is 2.95. The van der Waals surface area contributed by atoms with Gasteiger partial charge in [-0.05, 0) is 39.7 Å². The molecule has 0 aromatic heterocycles. The van der Waals surface area contributed by atoms with Crippen molar-refractivity contribution in [3.63, 3.8) is 0 Å². The van der Waals surface area contributed by atoms with Gasteiger partial charge in [-0.25, -0.2) is 4.79 Å². The third-order valence-corrected chi connectivity index (χ3v) is 3.73. The van der Waals surface area contributed by atoms with Crippen LogP contribution in [0.3, 0.4) is 0 Å². The molecule has 2 aliphatic heterocycles. The zero-order valence-corrected chi connectivity index (χ0v) is 11.7. The second kappa shape index (κ2) is 5.05. The Labute approximate surface area is 109 Å². The van der Waals surface area contributed by atoms with E-state index >= 15 is 0 Å². The molecule has 2 rings (SSSR count). The molecule has 5 heteroatoms. The Balaban J connectivity index is 1.90. The number of carbonyl (C=O) groups excluding carboxylic acids is 1. The number of nitrogens with two attached hydrogens (primary N) is 1. The summed E-state index contributed by atoms with van der Waals surface area (Å²) in [5.41, 5.74) is 5.21. The maximum absolute atomic E-state index is 12.0. The summed E-state index contributed by atoms with van der Waals surface area (Å²) in [5, 5.41) is 0. The van der Waals surface area contributed by atoms with Crippen LogP contribution in [-0.4, -0.2) is 60.3 Å². The number of amides is 1. The molecule has 104 valence electrons. The summed E-state index contributed by atoms with van der Waals surface area (Å²) in [6.45, 7) is 10.1. The summed E-state index contributed by atoms with van der Waals surface area (Å²) in [7, 11) is 0. The first-order chi connectivity index (χ1) is 8.40. The maximum atomic E-state index is 12.0. The molecule has 0 spiro atoms. The number of carbonyl (C=O) groups is 1. The van der Waals surface area contributed by atoms with Gasteiger partial charge in [0.25, 0.3) is 0 Å². The topological polar surface area (TPSA) is 58.8 Å². The van der Waals surface area contributed by atoms with Crippen molar-refractivity contribution in [1.82, 2.24) is 9.80 Å². The van der Waals surface area contributed by atoms with Gasteiger partial charge in [0, 0.05) is 32.2 Å². The molecule has 2 fully saturated rings. The van der Waals surface area contributed by atoms with E-state index in [1.54, 1.807) is 0 Å². The fourth-order valence-electron chi connectivity index (χ4n) is 2.97. The first kappa shape index (κ1) is 13.6. The van der Waals surface area contributed by atoms with Gasteiger partial charge in [0.05, 0.1) is 0 Å². The average molecular weight is 255 g/mol. The number of rotatable bonds is 2. The zero-order chi connectivity index (χ0) is 13.3. The predicted octanol–water partition coefficient (Wildman–Crippen LogP) is 0.886. The van der Waals surface area contributed by atoms with Crippen LogP contribution < -0.4 is 5.73 Å². The summed E-state index contributed by atoms with van der Waals surface area (Å²) >= 11 is 0. The van der Waals surface area contributed by atoms with Gasteiger partial charge in [-0.3, -0.25) is 4.90 Å². The second-order valence-corrected chi connectivity index (χ2v) is 6.33. The van der Waals surface area contributed by atoms with Crippen LogP contribution in [-0.2, 0) is 4.74 Å². The minimum absolute atomic E-state index is 0.176. The molecule has 1 amide bonds. The number of nitrogens with zero attached hydrogens (tertiary/aromatic N) is 2. The molecule has 0 aliphatic carbocycles. The number of hydrogen-bond acceptors (Lipinski definition) is 4. The van der Waals surface area contributed by atoms with Gasteiger partial charge in [-0.1, -0.05) is 0 Å². The molecular formula is C13H25N3O2. The summed E-state index contributed by atoms with van der Waals surface area (Å²) in [5.74, 6) is 0.601. The van der Waals surface area contributed by atoms with Crippen LogP contribution in [0.2, 0.25) is 0 Å². The Bertz CT molecular complexity index is 312. The molecule has 18 heavy (non-hydrogen) atoms. The van der Waals surface area contributed by atoms with Crippen molar-refractivity contribution in [2.45, 2.75) is 38.8 Å². The van der Waals surface area contributed by atoms with Crippen molar-refractivity contribution in [3.8, 4) is 0 Å². The summed E-state index contributed by atoms with van der Waals surface area (Å²) in [4.78, 5) is 16.3. The van der Waals surface area contributed by atoms with Gasteiger partial charge in [0.2, 0.25) is 0 Å². The molecule has 2 aliphatic rings. The van der Waals surface area contributed by atoms with Crippen molar-refractivity contribution in [3.05, 3.63) is 0 Å². The molecule has 5 nitrogen and oxygen atoms in total. The second-order valence-electron chi connectivity index (χ2n) is 6.33. The van der Waals surface area contributed by atoms with E-state index in [1.165, 1.54) is 6.42 Å². The Morgan fingerprint density at radius 1 is 1.39 bits per heavy atom. The van der Waals surface area contributed by atoms with E-state index < -0.39 is 5.60 Å². The van der Waals surface area contributed by atoms with Gasteiger partial charge in [-0.15, -0.1) is 0 Å². The molecule has 2 saturated heterocycles. The van der Waals surface area contributed by atoms with Crippen molar-refractivity contribution in [2.75, 3.05) is 32.7 Å². The van der Waals surface area contributed by atoms with E-state index in [4.69, 9.17) is 10.5 Å². The number of likely N-dealkylation sites (tertiary alicyclic amines) is 2. The van der Waals surface area contributed by atoms with E-state index in [1.807, 2.05) is 25.7 Å². The lowest BCUT2D eigenvalue weighted by Crippen LogP contribution is -2.40. The zero-order valence-electron chi connectivity index (χ0n) is 11.7. The highest BCUT2D eigenvalue weighted by molar-refractivity contribution is 5.68. The van der Waals surface area contributed by atoms with Crippen molar-refractivity contribution in [2.24, 2.45) is 11.7 Å². The monoisotopic (exact) mass is 255 g/mol. The Hall–Kier alpha value is -0.810. The highest BCUT2D eigenvalue weighted by atomic mass is 16.6. The van der Waals surface area contributed by atoms with Crippen LogP contribution in [0, 0.1) is 5.92 Å². The molecule has 2 atom stereocenters. The van der Waals surface area contributed by atoms with E-state index in [2.05, 4.69) is 4.90 Å².